The molecule has 0 aromatic heterocycles. The van der Waals surface area contributed by atoms with Gasteiger partial charge in [-0.25, -0.2) is 0 Å². The van der Waals surface area contributed by atoms with Gasteiger partial charge in [-0.2, -0.15) is 0 Å². The molecule has 1 amide bonds. The number of carbonyl (C=O) groups excluding carboxylic acids is 1. The average Bonchev–Trinajstić information content (AvgIpc) is 3.35. The second-order valence-corrected chi connectivity index (χ2v) is 9.58. The molecule has 4 nitrogen and oxygen atoms in total. The largest absolute Gasteiger partial charge is 0.339 e. The van der Waals surface area contributed by atoms with Gasteiger partial charge >= 0.3 is 0 Å². The highest BCUT2D eigenvalue weighted by molar-refractivity contribution is 5.94. The molecular formula is C24H33N3O. The highest BCUT2D eigenvalue weighted by Crippen LogP contribution is 2.44. The van der Waals surface area contributed by atoms with Crippen LogP contribution >= 0.6 is 0 Å². The Hall–Kier alpha value is -1.65. The molecule has 2 saturated heterocycles. The van der Waals surface area contributed by atoms with Gasteiger partial charge in [-0.1, -0.05) is 30.4 Å². The van der Waals surface area contributed by atoms with E-state index in [2.05, 4.69) is 33.9 Å². The van der Waals surface area contributed by atoms with Crippen LogP contribution in [0.25, 0.3) is 0 Å². The van der Waals surface area contributed by atoms with Crippen molar-refractivity contribution in [1.29, 1.82) is 0 Å². The Bertz CT molecular complexity index is 737. The van der Waals surface area contributed by atoms with E-state index in [9.17, 15) is 4.79 Å². The SMILES string of the molecule is CN1CCN(C[C@H]2C[C@H]3C=C[C@@H]2C3)CC12CCN(C(=O)c1ccccc1)CC2. The summed E-state index contributed by atoms with van der Waals surface area (Å²) in [7, 11) is 2.30. The van der Waals surface area contributed by atoms with Gasteiger partial charge in [0.05, 0.1) is 0 Å². The lowest BCUT2D eigenvalue weighted by Crippen LogP contribution is -2.65. The second kappa shape index (κ2) is 7.31. The van der Waals surface area contributed by atoms with Gasteiger partial charge < -0.3 is 4.90 Å². The standard InChI is InChI=1S/C24H33N3O/c1-25-13-14-26(17-22-16-19-7-8-21(22)15-19)18-24(25)9-11-27(12-10-24)23(28)20-5-3-2-4-6-20/h2-8,19,21-22H,9-18H2,1H3/t19-,21+,22+/m0/s1. The zero-order chi connectivity index (χ0) is 19.1. The number of piperazine rings is 1. The smallest absolute Gasteiger partial charge is 0.253 e. The summed E-state index contributed by atoms with van der Waals surface area (Å²) in [5, 5.41) is 0. The van der Waals surface area contributed by atoms with Crippen LogP contribution in [-0.4, -0.2) is 72.5 Å². The summed E-state index contributed by atoms with van der Waals surface area (Å²) in [6.07, 6.45) is 9.93. The monoisotopic (exact) mass is 379 g/mol. The average molecular weight is 380 g/mol. The normalized spacial score (nSPS) is 32.3. The van der Waals surface area contributed by atoms with Gasteiger partial charge in [-0.3, -0.25) is 14.6 Å². The van der Waals surface area contributed by atoms with Crippen molar-refractivity contribution in [2.24, 2.45) is 17.8 Å². The summed E-state index contributed by atoms with van der Waals surface area (Å²) in [4.78, 5) is 20.2. The third kappa shape index (κ3) is 3.31. The highest BCUT2D eigenvalue weighted by atomic mass is 16.2. The fourth-order valence-electron chi connectivity index (χ4n) is 6.17. The van der Waals surface area contributed by atoms with Crippen LogP contribution in [0.1, 0.15) is 36.0 Å². The van der Waals surface area contributed by atoms with Crippen LogP contribution in [0.3, 0.4) is 0 Å². The fourth-order valence-corrected chi connectivity index (χ4v) is 6.17. The molecule has 4 heteroatoms. The number of benzene rings is 1. The summed E-state index contributed by atoms with van der Waals surface area (Å²) < 4.78 is 0. The van der Waals surface area contributed by atoms with E-state index < -0.39 is 0 Å². The minimum Gasteiger partial charge on any atom is -0.339 e. The van der Waals surface area contributed by atoms with Crippen LogP contribution in [0.15, 0.2) is 42.5 Å². The molecule has 0 N–H and O–H groups in total. The zero-order valence-electron chi connectivity index (χ0n) is 17.1. The van der Waals surface area contributed by atoms with Crippen molar-refractivity contribution in [2.75, 3.05) is 46.3 Å². The minimum atomic E-state index is 0.194. The quantitative estimate of drug-likeness (QED) is 0.755. The first-order valence-corrected chi connectivity index (χ1v) is 11.1. The van der Waals surface area contributed by atoms with Crippen molar-refractivity contribution in [3.8, 4) is 0 Å². The number of amides is 1. The molecule has 1 aromatic carbocycles. The first-order valence-electron chi connectivity index (χ1n) is 11.1. The van der Waals surface area contributed by atoms with E-state index in [1.165, 1.54) is 32.5 Å². The van der Waals surface area contributed by atoms with E-state index in [1.54, 1.807) is 0 Å². The number of allylic oxidation sites excluding steroid dienone is 2. The molecule has 3 atom stereocenters. The van der Waals surface area contributed by atoms with Gasteiger partial charge in [0.15, 0.2) is 0 Å². The molecule has 2 bridgehead atoms. The molecule has 150 valence electrons. The van der Waals surface area contributed by atoms with E-state index in [-0.39, 0.29) is 11.4 Å². The van der Waals surface area contributed by atoms with E-state index >= 15 is 0 Å². The first-order chi connectivity index (χ1) is 13.6. The lowest BCUT2D eigenvalue weighted by atomic mass is 9.82. The van der Waals surface area contributed by atoms with Crippen molar-refractivity contribution >= 4 is 5.91 Å². The number of hydrogen-bond acceptors (Lipinski definition) is 3. The van der Waals surface area contributed by atoms with Crippen LogP contribution in [0.4, 0.5) is 0 Å². The van der Waals surface area contributed by atoms with Crippen molar-refractivity contribution in [1.82, 2.24) is 14.7 Å². The third-order valence-electron chi connectivity index (χ3n) is 7.99. The summed E-state index contributed by atoms with van der Waals surface area (Å²) in [6, 6.07) is 9.75. The summed E-state index contributed by atoms with van der Waals surface area (Å²) in [5.74, 6) is 2.77. The maximum Gasteiger partial charge on any atom is 0.253 e. The maximum absolute atomic E-state index is 12.8. The molecule has 3 fully saturated rings. The predicted molar refractivity (Wildman–Crippen MR) is 112 cm³/mol. The lowest BCUT2D eigenvalue weighted by Gasteiger charge is -2.53. The number of likely N-dealkylation sites (N-methyl/N-ethyl adjacent to an activating group) is 1. The molecule has 2 heterocycles. The van der Waals surface area contributed by atoms with Crippen LogP contribution in [0.5, 0.6) is 0 Å². The molecule has 1 aromatic rings. The molecule has 1 spiro atoms. The number of nitrogens with zero attached hydrogens (tertiary/aromatic N) is 3. The van der Waals surface area contributed by atoms with Crippen LogP contribution in [0.2, 0.25) is 0 Å². The molecule has 0 radical (unpaired) electrons. The predicted octanol–water partition coefficient (Wildman–Crippen LogP) is 3.12. The topological polar surface area (TPSA) is 26.8 Å². The maximum atomic E-state index is 12.8. The van der Waals surface area contributed by atoms with Crippen molar-refractivity contribution in [3.63, 3.8) is 0 Å². The number of fused-ring (bicyclic) bond motifs is 2. The molecule has 1 saturated carbocycles. The molecule has 2 aliphatic heterocycles. The minimum absolute atomic E-state index is 0.194. The van der Waals surface area contributed by atoms with Gasteiger partial charge in [0.25, 0.3) is 5.91 Å². The molecule has 28 heavy (non-hydrogen) atoms. The Balaban J connectivity index is 1.21. The lowest BCUT2D eigenvalue weighted by molar-refractivity contribution is -0.0286. The van der Waals surface area contributed by atoms with Crippen molar-refractivity contribution < 1.29 is 4.79 Å². The zero-order valence-corrected chi connectivity index (χ0v) is 17.1. The summed E-state index contributed by atoms with van der Waals surface area (Å²) in [5.41, 5.74) is 1.07. The molecule has 2 aliphatic carbocycles. The van der Waals surface area contributed by atoms with Crippen LogP contribution < -0.4 is 0 Å². The Morgan fingerprint density at radius 3 is 2.50 bits per heavy atom. The highest BCUT2D eigenvalue weighted by Gasteiger charge is 2.44. The van der Waals surface area contributed by atoms with E-state index in [0.717, 1.165) is 55.8 Å². The van der Waals surface area contributed by atoms with Crippen molar-refractivity contribution in [3.05, 3.63) is 48.0 Å². The van der Waals surface area contributed by atoms with E-state index in [0.29, 0.717) is 0 Å². The van der Waals surface area contributed by atoms with Crippen LogP contribution in [-0.2, 0) is 0 Å². The Labute approximate surface area is 169 Å². The third-order valence-corrected chi connectivity index (χ3v) is 7.99. The number of piperidine rings is 1. The van der Waals surface area contributed by atoms with Gasteiger partial charge in [0, 0.05) is 50.4 Å². The molecule has 5 rings (SSSR count). The van der Waals surface area contributed by atoms with Crippen LogP contribution in [0, 0.1) is 17.8 Å². The Morgan fingerprint density at radius 1 is 1.04 bits per heavy atom. The number of hydrogen-bond donors (Lipinski definition) is 0. The number of rotatable bonds is 3. The van der Waals surface area contributed by atoms with Gasteiger partial charge in [-0.05, 0) is 62.6 Å². The summed E-state index contributed by atoms with van der Waals surface area (Å²) in [6.45, 7) is 6.56. The molecular weight excluding hydrogens is 346 g/mol. The van der Waals surface area contributed by atoms with Gasteiger partial charge in [-0.15, -0.1) is 0 Å². The summed E-state index contributed by atoms with van der Waals surface area (Å²) >= 11 is 0. The van der Waals surface area contributed by atoms with E-state index in [1.807, 2.05) is 30.3 Å². The van der Waals surface area contributed by atoms with Gasteiger partial charge in [0.1, 0.15) is 0 Å². The van der Waals surface area contributed by atoms with E-state index in [4.69, 9.17) is 0 Å². The first kappa shape index (κ1) is 18.4. The molecule has 0 unspecified atom stereocenters. The number of likely N-dealkylation sites (tertiary alicyclic amines) is 1. The fraction of sp³-hybridized carbons (Fsp3) is 0.625. The number of carbonyl (C=O) groups is 1. The Kier molecular flexibility index (Phi) is 4.80. The molecule has 4 aliphatic rings. The van der Waals surface area contributed by atoms with Gasteiger partial charge in [0.2, 0.25) is 0 Å². The second-order valence-electron chi connectivity index (χ2n) is 9.58. The van der Waals surface area contributed by atoms with Crippen molar-refractivity contribution in [2.45, 2.75) is 31.2 Å². The Morgan fingerprint density at radius 2 is 1.82 bits per heavy atom.